The van der Waals surface area contributed by atoms with Crippen LogP contribution in [0.3, 0.4) is 0 Å². The Morgan fingerprint density at radius 3 is 2.12 bits per heavy atom. The summed E-state index contributed by atoms with van der Waals surface area (Å²) in [6.07, 6.45) is 7.46. The highest BCUT2D eigenvalue weighted by molar-refractivity contribution is 6.00. The van der Waals surface area contributed by atoms with Crippen LogP contribution in [-0.4, -0.2) is 89.7 Å². The van der Waals surface area contributed by atoms with E-state index in [-0.39, 0.29) is 51.8 Å². The summed E-state index contributed by atoms with van der Waals surface area (Å²) in [7, 11) is 4.19. The molecule has 0 saturated heterocycles. The van der Waals surface area contributed by atoms with Crippen molar-refractivity contribution < 1.29 is 29.3 Å². The summed E-state index contributed by atoms with van der Waals surface area (Å²) < 4.78 is 6.18. The minimum absolute atomic E-state index is 0.00569. The molecule has 5 aliphatic carbocycles. The van der Waals surface area contributed by atoms with Crippen LogP contribution in [0, 0.1) is 56.2 Å². The van der Waals surface area contributed by atoms with E-state index in [0.717, 1.165) is 70.0 Å². The van der Waals surface area contributed by atoms with Gasteiger partial charge in [0.1, 0.15) is 6.10 Å². The first-order valence-corrected chi connectivity index (χ1v) is 20.7. The van der Waals surface area contributed by atoms with Gasteiger partial charge in [0.05, 0.1) is 17.9 Å². The fraction of sp³-hybridized carbons (Fsp3) is 0.886. The van der Waals surface area contributed by atoms with Gasteiger partial charge in [-0.15, -0.1) is 0 Å². The average molecular weight is 727 g/mol. The largest absolute Gasteiger partial charge is 0.481 e. The molecule has 2 N–H and O–H groups in total. The molecule has 5 rings (SSSR count). The van der Waals surface area contributed by atoms with Gasteiger partial charge in [0.15, 0.2) is 5.78 Å². The molecule has 0 amide bonds. The zero-order valence-electron chi connectivity index (χ0n) is 35.2. The number of rotatable bonds is 12. The van der Waals surface area contributed by atoms with Crippen LogP contribution in [0.2, 0.25) is 0 Å². The molecule has 296 valence electrons. The van der Waals surface area contributed by atoms with E-state index in [1.54, 1.807) is 13.8 Å². The lowest BCUT2D eigenvalue weighted by Gasteiger charge is -2.72. The van der Waals surface area contributed by atoms with Gasteiger partial charge in [0.25, 0.3) is 0 Å². The van der Waals surface area contributed by atoms with Crippen molar-refractivity contribution in [1.82, 2.24) is 9.80 Å². The van der Waals surface area contributed by atoms with E-state index in [1.165, 1.54) is 5.57 Å². The summed E-state index contributed by atoms with van der Waals surface area (Å²) in [6.45, 7) is 26.6. The lowest BCUT2D eigenvalue weighted by Crippen LogP contribution is -2.66. The number of Topliss-reactive ketones (excluding diaryl/α,β-unsaturated/α-hetero) is 1. The van der Waals surface area contributed by atoms with Gasteiger partial charge in [-0.3, -0.25) is 19.3 Å². The fourth-order valence-corrected chi connectivity index (χ4v) is 13.2. The highest BCUT2D eigenvalue weighted by Gasteiger charge is 2.71. The monoisotopic (exact) mass is 727 g/mol. The Kier molecular flexibility index (Phi) is 11.2. The molecule has 4 fully saturated rings. The van der Waals surface area contributed by atoms with E-state index in [9.17, 15) is 24.6 Å². The lowest BCUT2D eigenvalue weighted by molar-refractivity contribution is -0.235. The summed E-state index contributed by atoms with van der Waals surface area (Å²) in [5.41, 5.74) is 0.621. The fourth-order valence-electron chi connectivity index (χ4n) is 13.2. The SMILES string of the molecule is CC(C)C1=C2[C@H]3CCC4[C@@]5(C)CC[C@H](OC(=O)CC(C)(C)C(=O)O)C(C)(C)C5CC[C@@]4(C)[C@]3(C)CCC2([C@H](O)CN(CCN(C)C)C(C)C)CC1=O. The number of aliphatic hydroxyl groups is 1. The number of nitrogens with zero attached hydrogens (tertiary/aromatic N) is 2. The third-order valence-electron chi connectivity index (χ3n) is 16.5. The van der Waals surface area contributed by atoms with Gasteiger partial charge in [-0.05, 0) is 139 Å². The van der Waals surface area contributed by atoms with Crippen LogP contribution >= 0.6 is 0 Å². The summed E-state index contributed by atoms with van der Waals surface area (Å²) in [6, 6.07) is 0.304. The van der Waals surface area contributed by atoms with Crippen molar-refractivity contribution in [3.05, 3.63) is 11.1 Å². The molecular weight excluding hydrogens is 652 g/mol. The van der Waals surface area contributed by atoms with Crippen LogP contribution in [0.15, 0.2) is 11.1 Å². The molecule has 4 saturated carbocycles. The zero-order valence-corrected chi connectivity index (χ0v) is 35.2. The van der Waals surface area contributed by atoms with Crippen LogP contribution in [0.4, 0.5) is 0 Å². The molecule has 9 atom stereocenters. The molecule has 0 spiro atoms. The predicted octanol–water partition coefficient (Wildman–Crippen LogP) is 8.01. The Balaban J connectivity index is 1.45. The quantitative estimate of drug-likeness (QED) is 0.195. The highest BCUT2D eigenvalue weighted by atomic mass is 16.5. The van der Waals surface area contributed by atoms with Crippen LogP contribution in [-0.2, 0) is 19.1 Å². The second-order valence-electron chi connectivity index (χ2n) is 21.0. The van der Waals surface area contributed by atoms with E-state index in [2.05, 4.69) is 86.2 Å². The highest BCUT2D eigenvalue weighted by Crippen LogP contribution is 2.77. The van der Waals surface area contributed by atoms with Gasteiger partial charge in [-0.25, -0.2) is 0 Å². The second kappa shape index (κ2) is 14.1. The number of aliphatic carboxylic acids is 1. The number of carboxylic acid groups (broad SMARTS) is 1. The second-order valence-corrected chi connectivity index (χ2v) is 21.0. The molecule has 0 aliphatic heterocycles. The van der Waals surface area contributed by atoms with Crippen molar-refractivity contribution in [2.45, 2.75) is 159 Å². The van der Waals surface area contributed by atoms with Gasteiger partial charge in [-0.2, -0.15) is 0 Å². The summed E-state index contributed by atoms with van der Waals surface area (Å²) in [5.74, 6) is 0.158. The molecule has 0 radical (unpaired) electrons. The molecule has 52 heavy (non-hydrogen) atoms. The first-order valence-electron chi connectivity index (χ1n) is 20.7. The van der Waals surface area contributed by atoms with E-state index in [0.29, 0.717) is 30.8 Å². The Morgan fingerprint density at radius 2 is 1.54 bits per heavy atom. The molecule has 5 aliphatic rings. The maximum absolute atomic E-state index is 14.1. The number of esters is 1. The molecule has 0 bridgehead atoms. The van der Waals surface area contributed by atoms with Gasteiger partial charge in [0.2, 0.25) is 0 Å². The van der Waals surface area contributed by atoms with Crippen LogP contribution in [0.25, 0.3) is 0 Å². The smallest absolute Gasteiger partial charge is 0.309 e. The number of fused-ring (bicyclic) bond motifs is 7. The molecule has 8 nitrogen and oxygen atoms in total. The summed E-state index contributed by atoms with van der Waals surface area (Å²) in [5, 5.41) is 22.0. The van der Waals surface area contributed by atoms with Crippen molar-refractivity contribution in [3.8, 4) is 0 Å². The van der Waals surface area contributed by atoms with Crippen molar-refractivity contribution in [2.24, 2.45) is 56.2 Å². The zero-order chi connectivity index (χ0) is 39.0. The molecule has 0 heterocycles. The topological polar surface area (TPSA) is 107 Å². The number of hydrogen-bond donors (Lipinski definition) is 2. The summed E-state index contributed by atoms with van der Waals surface area (Å²) >= 11 is 0. The normalized spacial score (nSPS) is 37.9. The number of carboxylic acids is 1. The van der Waals surface area contributed by atoms with Crippen LogP contribution in [0.1, 0.15) is 140 Å². The molecule has 3 unspecified atom stereocenters. The molecular formula is C44H74N2O6. The van der Waals surface area contributed by atoms with Crippen molar-refractivity contribution in [1.29, 1.82) is 0 Å². The predicted molar refractivity (Wildman–Crippen MR) is 207 cm³/mol. The Morgan fingerprint density at radius 1 is 0.885 bits per heavy atom. The number of likely N-dealkylation sites (N-methyl/N-ethyl adjacent to an activating group) is 1. The van der Waals surface area contributed by atoms with Gasteiger partial charge in [-0.1, -0.05) is 54.0 Å². The Labute approximate surface area is 315 Å². The molecule has 8 heteroatoms. The number of hydrogen-bond acceptors (Lipinski definition) is 7. The molecule has 0 aromatic heterocycles. The lowest BCUT2D eigenvalue weighted by atomic mass is 9.33. The Bertz CT molecular complexity index is 1430. The van der Waals surface area contributed by atoms with Crippen LogP contribution < -0.4 is 0 Å². The Hall–Kier alpha value is -1.77. The number of ether oxygens (including phenoxy) is 1. The maximum atomic E-state index is 14.1. The first-order chi connectivity index (χ1) is 23.9. The number of aliphatic hydroxyl groups excluding tert-OH is 1. The van der Waals surface area contributed by atoms with Gasteiger partial charge >= 0.3 is 11.9 Å². The van der Waals surface area contributed by atoms with Gasteiger partial charge in [0, 0.05) is 42.9 Å². The molecule has 0 aromatic carbocycles. The van der Waals surface area contributed by atoms with Crippen molar-refractivity contribution in [3.63, 3.8) is 0 Å². The van der Waals surface area contributed by atoms with Crippen molar-refractivity contribution in [2.75, 3.05) is 33.7 Å². The minimum atomic E-state index is -1.16. The third-order valence-corrected chi connectivity index (χ3v) is 16.5. The number of ketones is 1. The van der Waals surface area contributed by atoms with Crippen LogP contribution in [0.5, 0.6) is 0 Å². The summed E-state index contributed by atoms with van der Waals surface area (Å²) in [4.78, 5) is 43.6. The van der Waals surface area contributed by atoms with E-state index in [1.807, 2.05) is 0 Å². The number of carbonyl (C=O) groups excluding carboxylic acids is 2. The minimum Gasteiger partial charge on any atom is -0.481 e. The van der Waals surface area contributed by atoms with E-state index in [4.69, 9.17) is 4.74 Å². The van der Waals surface area contributed by atoms with Crippen molar-refractivity contribution >= 4 is 17.7 Å². The van der Waals surface area contributed by atoms with E-state index < -0.39 is 28.9 Å². The average Bonchev–Trinajstić information content (AvgIpc) is 3.33. The standard InChI is InChI=1S/C44H74N2O6/c1-27(2)36-30(47)24-44(33(48)26-46(28(3)4)23-22-45(12)13)21-20-42(10)29(37(36)44)14-15-32-41(9)18-17-34(52-35(49)25-39(5,6)38(50)51)40(7,8)31(41)16-19-43(32,42)11/h27-29,31-34,48H,14-26H2,1-13H3,(H,50,51)/t29-,31?,32?,33-,34+,41+,42-,43-,44?/m1/s1. The molecule has 0 aromatic rings. The number of carbonyl (C=O) groups is 3. The van der Waals surface area contributed by atoms with E-state index >= 15 is 0 Å². The number of allylic oxidation sites excluding steroid dienone is 1. The van der Waals surface area contributed by atoms with Gasteiger partial charge < -0.3 is 19.8 Å². The maximum Gasteiger partial charge on any atom is 0.309 e. The first kappa shape index (κ1) is 41.4. The third kappa shape index (κ3) is 6.54.